The fraction of sp³-hybridized carbons (Fsp3) is 0.695. The summed E-state index contributed by atoms with van der Waals surface area (Å²) in [4.78, 5) is 27.7. The first kappa shape index (κ1) is 55.9. The molecule has 0 heterocycles. The second-order valence-corrected chi connectivity index (χ2v) is 20.0. The van der Waals surface area contributed by atoms with Crippen molar-refractivity contribution in [1.82, 2.24) is 5.32 Å². The summed E-state index contributed by atoms with van der Waals surface area (Å²) in [5.74, 6) is -0.522. The van der Waals surface area contributed by atoms with Crippen LogP contribution >= 0.6 is 0 Å². The van der Waals surface area contributed by atoms with Crippen LogP contribution in [0.25, 0.3) is 11.1 Å². The number of amides is 1. The van der Waals surface area contributed by atoms with Gasteiger partial charge in [-0.25, -0.2) is 9.59 Å². The summed E-state index contributed by atoms with van der Waals surface area (Å²) < 4.78 is 18.5. The Morgan fingerprint density at radius 1 is 0.569 bits per heavy atom. The minimum absolute atomic E-state index is 0.0749. The van der Waals surface area contributed by atoms with Crippen molar-refractivity contribution in [3.63, 3.8) is 0 Å². The van der Waals surface area contributed by atoms with Gasteiger partial charge in [0.05, 0.1) is 11.7 Å². The first-order valence-electron chi connectivity index (χ1n) is 26.9. The average molecular weight is 898 g/mol. The number of unbranched alkanes of at least 4 members (excludes halogenated alkanes) is 23. The van der Waals surface area contributed by atoms with Gasteiger partial charge < -0.3 is 19.5 Å². The molecule has 366 valence electrons. The molecule has 65 heavy (non-hydrogen) atoms. The zero-order valence-electron chi connectivity index (χ0n) is 42.5. The van der Waals surface area contributed by atoms with E-state index in [1.807, 2.05) is 52.0 Å². The molecule has 0 bridgehead atoms. The number of nitrogens with one attached hydrogen (secondary N) is 1. The highest BCUT2D eigenvalue weighted by molar-refractivity contribution is 5.82. The van der Waals surface area contributed by atoms with E-state index >= 15 is 0 Å². The summed E-state index contributed by atoms with van der Waals surface area (Å²) in [6, 6.07) is 15.6. The van der Waals surface area contributed by atoms with E-state index in [-0.39, 0.29) is 18.6 Å². The van der Waals surface area contributed by atoms with Gasteiger partial charge in [0.2, 0.25) is 0 Å². The summed E-state index contributed by atoms with van der Waals surface area (Å²) in [5.41, 5.74) is 4.11. The molecule has 1 amide bonds. The normalized spacial score (nSPS) is 14.1. The van der Waals surface area contributed by atoms with Gasteiger partial charge in [-0.1, -0.05) is 196 Å². The third-order valence-electron chi connectivity index (χ3n) is 13.0. The molecule has 1 aliphatic carbocycles. The van der Waals surface area contributed by atoms with Crippen molar-refractivity contribution in [3.05, 3.63) is 84.0 Å². The van der Waals surface area contributed by atoms with E-state index in [4.69, 9.17) is 14.2 Å². The number of carbonyl (C=O) groups excluding carboxylic acids is 2. The van der Waals surface area contributed by atoms with Crippen molar-refractivity contribution in [2.75, 3.05) is 6.61 Å². The van der Waals surface area contributed by atoms with Gasteiger partial charge in [0, 0.05) is 5.92 Å². The van der Waals surface area contributed by atoms with Crippen LogP contribution < -0.4 is 5.32 Å². The van der Waals surface area contributed by atoms with Crippen LogP contribution in [0.3, 0.4) is 0 Å². The minimum Gasteiger partial charge on any atom is -0.461 e. The van der Waals surface area contributed by atoms with Gasteiger partial charge in [0.1, 0.15) is 12.7 Å². The number of esters is 1. The number of rotatable bonds is 38. The van der Waals surface area contributed by atoms with E-state index in [1.165, 1.54) is 159 Å². The Bertz CT molecular complexity index is 1550. The zero-order chi connectivity index (χ0) is 46.8. The first-order chi connectivity index (χ1) is 31.6. The lowest BCUT2D eigenvalue weighted by Crippen LogP contribution is -2.52. The van der Waals surface area contributed by atoms with Gasteiger partial charge in [-0.3, -0.25) is 0 Å². The summed E-state index contributed by atoms with van der Waals surface area (Å²) in [5, 5.41) is 2.89. The highest BCUT2D eigenvalue weighted by atomic mass is 16.6. The van der Waals surface area contributed by atoms with Crippen molar-refractivity contribution in [2.24, 2.45) is 0 Å². The van der Waals surface area contributed by atoms with Crippen molar-refractivity contribution >= 4 is 12.1 Å². The first-order valence-corrected chi connectivity index (χ1v) is 26.9. The largest absolute Gasteiger partial charge is 0.461 e. The molecule has 3 unspecified atom stereocenters. The predicted octanol–water partition coefficient (Wildman–Crippen LogP) is 17.5. The highest BCUT2D eigenvalue weighted by Gasteiger charge is 2.35. The number of allylic oxidation sites excluding steroid dienone is 4. The SMILES string of the molecule is CCCCCCCC/C=C\CCCCCCCCC(CCCCCCC/C=C\CCCCCCCC)OC(=O)C(NC(=O)OCC1c2ccccc2-c2ccccc21)C(C)OC(C)(C)C. The Morgan fingerprint density at radius 2 is 0.954 bits per heavy atom. The average Bonchev–Trinajstić information content (AvgIpc) is 3.61. The van der Waals surface area contributed by atoms with E-state index in [0.29, 0.717) is 0 Å². The van der Waals surface area contributed by atoms with Crippen LogP contribution in [0.1, 0.15) is 245 Å². The van der Waals surface area contributed by atoms with Crippen LogP contribution in [0, 0.1) is 0 Å². The molecule has 3 atom stereocenters. The number of hydrogen-bond acceptors (Lipinski definition) is 5. The number of alkyl carbamates (subject to hydrolysis) is 1. The number of ether oxygens (including phenoxy) is 3. The molecule has 6 nitrogen and oxygen atoms in total. The van der Waals surface area contributed by atoms with Crippen molar-refractivity contribution in [3.8, 4) is 11.1 Å². The summed E-state index contributed by atoms with van der Waals surface area (Å²) in [6.07, 6.45) is 43.8. The van der Waals surface area contributed by atoms with Crippen molar-refractivity contribution < 1.29 is 23.8 Å². The lowest BCUT2D eigenvalue weighted by Gasteiger charge is -2.31. The third kappa shape index (κ3) is 24.8. The Hall–Kier alpha value is -3.38. The number of carbonyl (C=O) groups is 2. The van der Waals surface area contributed by atoms with Crippen molar-refractivity contribution in [1.29, 1.82) is 0 Å². The molecule has 3 rings (SSSR count). The van der Waals surface area contributed by atoms with Gasteiger partial charge in [-0.15, -0.1) is 0 Å². The molecule has 2 aromatic carbocycles. The predicted molar refractivity (Wildman–Crippen MR) is 276 cm³/mol. The van der Waals surface area contributed by atoms with E-state index in [2.05, 4.69) is 67.7 Å². The Kier molecular flexibility index (Phi) is 30.0. The second-order valence-electron chi connectivity index (χ2n) is 20.0. The maximum atomic E-state index is 14.2. The molecule has 0 aromatic heterocycles. The topological polar surface area (TPSA) is 73.9 Å². The fourth-order valence-corrected chi connectivity index (χ4v) is 9.32. The molecule has 0 saturated heterocycles. The Labute approximate surface area is 398 Å². The smallest absolute Gasteiger partial charge is 0.407 e. The number of hydrogen-bond donors (Lipinski definition) is 1. The molecule has 1 aliphatic rings. The maximum absolute atomic E-state index is 14.2. The molecule has 0 fully saturated rings. The van der Waals surface area contributed by atoms with Crippen molar-refractivity contribution in [2.45, 2.75) is 258 Å². The van der Waals surface area contributed by atoms with Gasteiger partial charge in [0.25, 0.3) is 0 Å². The van der Waals surface area contributed by atoms with Crippen LogP contribution in [0.4, 0.5) is 4.79 Å². The monoisotopic (exact) mass is 898 g/mol. The van der Waals surface area contributed by atoms with Crippen LogP contribution in [-0.2, 0) is 19.0 Å². The van der Waals surface area contributed by atoms with Gasteiger partial charge in [0.15, 0.2) is 6.04 Å². The van der Waals surface area contributed by atoms with E-state index in [0.717, 1.165) is 49.7 Å². The lowest BCUT2D eigenvalue weighted by molar-refractivity contribution is -0.159. The summed E-state index contributed by atoms with van der Waals surface area (Å²) in [7, 11) is 0. The molecular formula is C59H95NO5. The maximum Gasteiger partial charge on any atom is 0.407 e. The summed E-state index contributed by atoms with van der Waals surface area (Å²) in [6.45, 7) is 12.4. The molecular weight excluding hydrogens is 803 g/mol. The summed E-state index contributed by atoms with van der Waals surface area (Å²) >= 11 is 0. The Balaban J connectivity index is 1.50. The molecule has 0 aliphatic heterocycles. The highest BCUT2D eigenvalue weighted by Crippen LogP contribution is 2.44. The quantitative estimate of drug-likeness (QED) is 0.0413. The molecule has 0 spiro atoms. The van der Waals surface area contributed by atoms with E-state index in [1.54, 1.807) is 0 Å². The Morgan fingerprint density at radius 3 is 1.37 bits per heavy atom. The van der Waals surface area contributed by atoms with Crippen LogP contribution in [0.15, 0.2) is 72.8 Å². The van der Waals surface area contributed by atoms with E-state index in [9.17, 15) is 9.59 Å². The van der Waals surface area contributed by atoms with Crippen LogP contribution in [0.2, 0.25) is 0 Å². The van der Waals surface area contributed by atoms with Gasteiger partial charge in [-0.05, 0) is 127 Å². The molecule has 1 N–H and O–H groups in total. The number of fused-ring (bicyclic) bond motifs is 3. The zero-order valence-corrected chi connectivity index (χ0v) is 42.5. The standard InChI is InChI=1S/C59H95NO5/c1-7-9-11-13-15-17-19-21-23-25-27-29-31-33-35-37-43-50(42-36-34-32-30-28-26-24-22-20-18-16-14-12-10-8-2)64-57(61)56(49(3)65-59(4,5)6)60-58(62)63-48-55-53-46-40-38-44-51(53)52-45-39-41-47-54(52)55/h21-24,38-41,44-47,49-50,55-56H,7-20,25-37,42-43,48H2,1-6H3,(H,60,62)/b23-21-,24-22-. The van der Waals surface area contributed by atoms with Gasteiger partial charge >= 0.3 is 12.1 Å². The fourth-order valence-electron chi connectivity index (χ4n) is 9.32. The van der Waals surface area contributed by atoms with Gasteiger partial charge in [-0.2, -0.15) is 0 Å². The van der Waals surface area contributed by atoms with Crippen LogP contribution in [0.5, 0.6) is 0 Å². The molecule has 0 saturated carbocycles. The third-order valence-corrected chi connectivity index (χ3v) is 13.0. The lowest BCUT2D eigenvalue weighted by atomic mass is 9.98. The van der Waals surface area contributed by atoms with Crippen LogP contribution in [-0.4, -0.2) is 42.5 Å². The second kappa shape index (κ2) is 34.9. The molecule has 6 heteroatoms. The molecule has 0 radical (unpaired) electrons. The number of benzene rings is 2. The minimum atomic E-state index is -0.999. The molecule has 2 aromatic rings. The van der Waals surface area contributed by atoms with E-state index < -0.39 is 29.8 Å².